The van der Waals surface area contributed by atoms with Gasteiger partial charge in [0.25, 0.3) is 0 Å². The maximum absolute atomic E-state index is 11.4. The molecule has 3 heteroatoms. The second-order valence-electron chi connectivity index (χ2n) is 6.05. The number of carbonyl (C=O) groups excluding carboxylic acids is 1. The first-order chi connectivity index (χ1) is 9.32. The number of aliphatic hydroxyl groups is 1. The Bertz CT molecular complexity index is 344. The Morgan fingerprint density at radius 1 is 1.25 bits per heavy atom. The average Bonchev–Trinajstić information content (AvgIpc) is 2.36. The number of unbranched alkanes of at least 4 members (excludes halogenated alkanes) is 3. The molecular weight excluding hydrogens is 252 g/mol. The number of esters is 1. The second-order valence-corrected chi connectivity index (χ2v) is 6.05. The zero-order chi connectivity index (χ0) is 15.6. The van der Waals surface area contributed by atoms with E-state index in [1.807, 2.05) is 0 Å². The minimum Gasteiger partial charge on any atom is -0.464 e. The lowest BCUT2D eigenvalue weighted by Crippen LogP contribution is -2.20. The van der Waals surface area contributed by atoms with Gasteiger partial charge in [0.2, 0.25) is 0 Å². The number of rotatable bonds is 8. The fourth-order valence-corrected chi connectivity index (χ4v) is 1.87. The van der Waals surface area contributed by atoms with Crippen LogP contribution in [0.4, 0.5) is 0 Å². The highest BCUT2D eigenvalue weighted by Gasteiger charge is 2.17. The molecule has 1 atom stereocenters. The molecule has 3 nitrogen and oxygen atoms in total. The van der Waals surface area contributed by atoms with E-state index >= 15 is 0 Å². The standard InChI is InChI=1S/C17H30O3/c1-6-8-9-10-11-14(17(3,4)5)12-13-15(18)16(19)20-7-2/h13,15,18H,6-11H2,1-5H3/t12?,15-/m0/s1. The molecule has 0 aliphatic carbocycles. The topological polar surface area (TPSA) is 46.5 Å². The van der Waals surface area contributed by atoms with Crippen molar-refractivity contribution in [1.29, 1.82) is 0 Å². The Hall–Kier alpha value is -1.05. The normalized spacial score (nSPS) is 12.5. The lowest BCUT2D eigenvalue weighted by molar-refractivity contribution is -0.150. The van der Waals surface area contributed by atoms with Crippen molar-refractivity contribution in [2.75, 3.05) is 6.61 Å². The first-order valence-corrected chi connectivity index (χ1v) is 7.63. The predicted octanol–water partition coefficient (Wildman–Crippen LogP) is 4.01. The van der Waals surface area contributed by atoms with Crippen molar-refractivity contribution in [1.82, 2.24) is 0 Å². The molecule has 0 aromatic heterocycles. The van der Waals surface area contributed by atoms with E-state index in [1.54, 1.807) is 6.92 Å². The molecule has 1 N–H and O–H groups in total. The van der Waals surface area contributed by atoms with E-state index in [9.17, 15) is 9.90 Å². The maximum atomic E-state index is 11.4. The molecule has 0 aliphatic rings. The van der Waals surface area contributed by atoms with Gasteiger partial charge in [-0.25, -0.2) is 4.79 Å². The van der Waals surface area contributed by atoms with Gasteiger partial charge in [-0.3, -0.25) is 0 Å². The Kier molecular flexibility index (Phi) is 9.28. The van der Waals surface area contributed by atoms with E-state index in [0.29, 0.717) is 0 Å². The lowest BCUT2D eigenvalue weighted by Gasteiger charge is -2.21. The molecule has 0 heterocycles. The third-order valence-electron chi connectivity index (χ3n) is 3.13. The summed E-state index contributed by atoms with van der Waals surface area (Å²) in [7, 11) is 0. The predicted molar refractivity (Wildman–Crippen MR) is 82.4 cm³/mol. The van der Waals surface area contributed by atoms with E-state index in [4.69, 9.17) is 4.74 Å². The number of aliphatic hydroxyl groups excluding tert-OH is 1. The van der Waals surface area contributed by atoms with Gasteiger partial charge in [-0.15, -0.1) is 5.73 Å². The second kappa shape index (κ2) is 9.79. The van der Waals surface area contributed by atoms with Gasteiger partial charge in [-0.2, -0.15) is 0 Å². The Balaban J connectivity index is 4.76. The highest BCUT2D eigenvalue weighted by atomic mass is 16.5. The van der Waals surface area contributed by atoms with E-state index in [-0.39, 0.29) is 12.0 Å². The Morgan fingerprint density at radius 3 is 2.40 bits per heavy atom. The van der Waals surface area contributed by atoms with Crippen LogP contribution in [0.3, 0.4) is 0 Å². The van der Waals surface area contributed by atoms with E-state index in [1.165, 1.54) is 25.3 Å². The molecule has 0 bridgehead atoms. The van der Waals surface area contributed by atoms with Gasteiger partial charge in [-0.05, 0) is 36.8 Å². The molecule has 0 aliphatic heterocycles. The van der Waals surface area contributed by atoms with Crippen molar-refractivity contribution >= 4 is 5.97 Å². The van der Waals surface area contributed by atoms with Crippen molar-refractivity contribution in [3.63, 3.8) is 0 Å². The third kappa shape index (κ3) is 8.19. The van der Waals surface area contributed by atoms with Crippen molar-refractivity contribution in [3.8, 4) is 0 Å². The van der Waals surface area contributed by atoms with Crippen LogP contribution < -0.4 is 0 Å². The quantitative estimate of drug-likeness (QED) is 0.416. The summed E-state index contributed by atoms with van der Waals surface area (Å²) in [6.07, 6.45) is 5.93. The Morgan fingerprint density at radius 2 is 1.90 bits per heavy atom. The molecular formula is C17H30O3. The maximum Gasteiger partial charge on any atom is 0.339 e. The molecule has 0 fully saturated rings. The van der Waals surface area contributed by atoms with Crippen molar-refractivity contribution in [3.05, 3.63) is 17.4 Å². The van der Waals surface area contributed by atoms with Crippen molar-refractivity contribution < 1.29 is 14.6 Å². The van der Waals surface area contributed by atoms with Gasteiger partial charge in [0.15, 0.2) is 6.10 Å². The zero-order valence-electron chi connectivity index (χ0n) is 13.7. The van der Waals surface area contributed by atoms with E-state index in [0.717, 1.165) is 18.4 Å². The van der Waals surface area contributed by atoms with Crippen LogP contribution in [0, 0.1) is 5.41 Å². The van der Waals surface area contributed by atoms with E-state index < -0.39 is 12.1 Å². The van der Waals surface area contributed by atoms with Crippen LogP contribution in [0.15, 0.2) is 17.4 Å². The summed E-state index contributed by atoms with van der Waals surface area (Å²) < 4.78 is 4.77. The molecule has 20 heavy (non-hydrogen) atoms. The summed E-state index contributed by atoms with van der Waals surface area (Å²) in [4.78, 5) is 11.4. The number of ether oxygens (including phenoxy) is 1. The van der Waals surface area contributed by atoms with Crippen LogP contribution >= 0.6 is 0 Å². The van der Waals surface area contributed by atoms with Crippen LogP contribution in [-0.4, -0.2) is 23.8 Å². The summed E-state index contributed by atoms with van der Waals surface area (Å²) in [5.74, 6) is -0.612. The highest BCUT2D eigenvalue weighted by molar-refractivity contribution is 5.76. The van der Waals surface area contributed by atoms with Crippen LogP contribution in [0.2, 0.25) is 0 Å². The van der Waals surface area contributed by atoms with Gasteiger partial charge in [0, 0.05) is 0 Å². The zero-order valence-corrected chi connectivity index (χ0v) is 13.7. The molecule has 116 valence electrons. The highest BCUT2D eigenvalue weighted by Crippen LogP contribution is 2.28. The number of carbonyl (C=O) groups is 1. The number of hydrogen-bond donors (Lipinski definition) is 1. The van der Waals surface area contributed by atoms with Gasteiger partial charge in [0.1, 0.15) is 0 Å². The molecule has 0 rings (SSSR count). The summed E-state index contributed by atoms with van der Waals surface area (Å²) in [6.45, 7) is 10.6. The summed E-state index contributed by atoms with van der Waals surface area (Å²) in [5.41, 5.74) is 4.25. The van der Waals surface area contributed by atoms with Crippen molar-refractivity contribution in [2.24, 2.45) is 5.41 Å². The SMILES string of the molecule is CCCCCCC(=C=C[C@H](O)C(=O)OCC)C(C)(C)C. The molecule has 0 spiro atoms. The summed E-state index contributed by atoms with van der Waals surface area (Å²) >= 11 is 0. The smallest absolute Gasteiger partial charge is 0.339 e. The van der Waals surface area contributed by atoms with Gasteiger partial charge in [0.05, 0.1) is 6.61 Å². The molecule has 0 radical (unpaired) electrons. The van der Waals surface area contributed by atoms with Crippen LogP contribution in [0.1, 0.15) is 66.7 Å². The lowest BCUT2D eigenvalue weighted by atomic mass is 9.84. The van der Waals surface area contributed by atoms with Crippen molar-refractivity contribution in [2.45, 2.75) is 72.8 Å². The van der Waals surface area contributed by atoms with Crippen LogP contribution in [0.25, 0.3) is 0 Å². The minimum absolute atomic E-state index is 0.00288. The van der Waals surface area contributed by atoms with Gasteiger partial charge < -0.3 is 9.84 Å². The summed E-state index contributed by atoms with van der Waals surface area (Å²) in [5, 5.41) is 9.67. The largest absolute Gasteiger partial charge is 0.464 e. The molecule has 0 saturated heterocycles. The van der Waals surface area contributed by atoms with E-state index in [2.05, 4.69) is 33.4 Å². The average molecular weight is 282 g/mol. The number of hydrogen-bond acceptors (Lipinski definition) is 3. The van der Waals surface area contributed by atoms with Gasteiger partial charge >= 0.3 is 5.97 Å². The fourth-order valence-electron chi connectivity index (χ4n) is 1.87. The molecule has 0 aromatic carbocycles. The monoisotopic (exact) mass is 282 g/mol. The first-order valence-electron chi connectivity index (χ1n) is 7.63. The fraction of sp³-hybridized carbons (Fsp3) is 0.765. The Labute approximate surface area is 123 Å². The molecule has 0 saturated carbocycles. The molecule has 0 amide bonds. The van der Waals surface area contributed by atoms with Crippen LogP contribution in [0.5, 0.6) is 0 Å². The minimum atomic E-state index is -1.22. The third-order valence-corrected chi connectivity index (χ3v) is 3.13. The van der Waals surface area contributed by atoms with Crippen LogP contribution in [-0.2, 0) is 9.53 Å². The van der Waals surface area contributed by atoms with Gasteiger partial charge in [-0.1, -0.05) is 47.0 Å². The molecule has 0 unspecified atom stereocenters. The first kappa shape index (κ1) is 18.9. The molecule has 0 aromatic rings. The summed E-state index contributed by atoms with van der Waals surface area (Å²) in [6, 6.07) is 0.